The molecule has 2 aromatic rings. The van der Waals surface area contributed by atoms with Crippen molar-refractivity contribution >= 4 is 5.97 Å². The fourth-order valence-corrected chi connectivity index (χ4v) is 3.49. The van der Waals surface area contributed by atoms with Gasteiger partial charge in [-0.3, -0.25) is 0 Å². The lowest BCUT2D eigenvalue weighted by Gasteiger charge is -2.33. The van der Waals surface area contributed by atoms with Crippen molar-refractivity contribution in [2.24, 2.45) is 0 Å². The molecule has 0 aromatic heterocycles. The molecule has 1 aliphatic carbocycles. The number of rotatable bonds is 6. The van der Waals surface area contributed by atoms with E-state index in [-0.39, 0.29) is 17.9 Å². The summed E-state index contributed by atoms with van der Waals surface area (Å²) in [5, 5.41) is 3.61. The SMILES string of the molecule is CCOC(=O)C1=CCC[C@@H](c2ccccc2)[C@H]1NCc1ccccc1. The summed E-state index contributed by atoms with van der Waals surface area (Å²) in [6, 6.07) is 20.7. The Morgan fingerprint density at radius 3 is 2.44 bits per heavy atom. The molecule has 1 aliphatic rings. The number of ether oxygens (including phenoxy) is 1. The van der Waals surface area contributed by atoms with Crippen LogP contribution >= 0.6 is 0 Å². The third-order valence-corrected chi connectivity index (χ3v) is 4.69. The first-order valence-electron chi connectivity index (χ1n) is 8.99. The normalized spacial score (nSPS) is 20.0. The molecule has 0 bridgehead atoms. The Morgan fingerprint density at radius 1 is 1.08 bits per heavy atom. The number of carbonyl (C=O) groups is 1. The van der Waals surface area contributed by atoms with Crippen LogP contribution in [0.4, 0.5) is 0 Å². The molecule has 0 heterocycles. The number of hydrogen-bond acceptors (Lipinski definition) is 3. The minimum Gasteiger partial charge on any atom is -0.463 e. The molecule has 3 nitrogen and oxygen atoms in total. The van der Waals surface area contributed by atoms with Crippen LogP contribution < -0.4 is 5.32 Å². The molecule has 0 saturated heterocycles. The maximum absolute atomic E-state index is 12.5. The molecule has 3 rings (SSSR count). The van der Waals surface area contributed by atoms with Gasteiger partial charge >= 0.3 is 5.97 Å². The van der Waals surface area contributed by atoms with Gasteiger partial charge in [-0.15, -0.1) is 0 Å². The van der Waals surface area contributed by atoms with Crippen molar-refractivity contribution in [1.82, 2.24) is 5.32 Å². The van der Waals surface area contributed by atoms with Gasteiger partial charge < -0.3 is 10.1 Å². The van der Waals surface area contributed by atoms with Crippen LogP contribution in [-0.2, 0) is 16.1 Å². The number of carbonyl (C=O) groups excluding carboxylic acids is 1. The van der Waals surface area contributed by atoms with Gasteiger partial charge in [-0.05, 0) is 30.9 Å². The van der Waals surface area contributed by atoms with Gasteiger partial charge in [0.1, 0.15) is 0 Å². The largest absolute Gasteiger partial charge is 0.463 e. The predicted octanol–water partition coefficient (Wildman–Crippen LogP) is 4.21. The summed E-state index contributed by atoms with van der Waals surface area (Å²) < 4.78 is 5.30. The molecule has 0 unspecified atom stereocenters. The minimum absolute atomic E-state index is 0.0320. The van der Waals surface area contributed by atoms with Crippen molar-refractivity contribution < 1.29 is 9.53 Å². The Kier molecular flexibility index (Phi) is 6.02. The molecule has 0 saturated carbocycles. The van der Waals surface area contributed by atoms with E-state index in [9.17, 15) is 4.79 Å². The van der Waals surface area contributed by atoms with Crippen molar-refractivity contribution in [2.45, 2.75) is 38.3 Å². The number of benzene rings is 2. The Labute approximate surface area is 149 Å². The summed E-state index contributed by atoms with van der Waals surface area (Å²) in [4.78, 5) is 12.5. The van der Waals surface area contributed by atoms with Crippen molar-refractivity contribution in [3.05, 3.63) is 83.4 Å². The Bertz CT molecular complexity index is 709. The van der Waals surface area contributed by atoms with E-state index in [1.165, 1.54) is 11.1 Å². The molecule has 3 heteroatoms. The molecule has 25 heavy (non-hydrogen) atoms. The third kappa shape index (κ3) is 4.37. The van der Waals surface area contributed by atoms with Crippen LogP contribution in [0.15, 0.2) is 72.3 Å². The van der Waals surface area contributed by atoms with Crippen molar-refractivity contribution in [1.29, 1.82) is 0 Å². The molecular weight excluding hydrogens is 310 g/mol. The second kappa shape index (κ2) is 8.63. The van der Waals surface area contributed by atoms with E-state index in [4.69, 9.17) is 4.74 Å². The topological polar surface area (TPSA) is 38.3 Å². The van der Waals surface area contributed by atoms with Gasteiger partial charge in [-0.25, -0.2) is 4.79 Å². The smallest absolute Gasteiger partial charge is 0.335 e. The predicted molar refractivity (Wildman–Crippen MR) is 100 cm³/mol. The van der Waals surface area contributed by atoms with E-state index in [0.717, 1.165) is 25.0 Å². The first-order valence-corrected chi connectivity index (χ1v) is 8.99. The van der Waals surface area contributed by atoms with Crippen LogP contribution in [0.1, 0.15) is 36.8 Å². The zero-order valence-corrected chi connectivity index (χ0v) is 14.7. The highest BCUT2D eigenvalue weighted by atomic mass is 16.5. The average Bonchev–Trinajstić information content (AvgIpc) is 2.68. The summed E-state index contributed by atoms with van der Waals surface area (Å²) >= 11 is 0. The van der Waals surface area contributed by atoms with Crippen molar-refractivity contribution in [3.63, 3.8) is 0 Å². The maximum Gasteiger partial charge on any atom is 0.335 e. The molecule has 2 atom stereocenters. The molecule has 0 radical (unpaired) electrons. The zero-order valence-electron chi connectivity index (χ0n) is 14.7. The maximum atomic E-state index is 12.5. The molecular formula is C22H25NO2. The molecule has 0 spiro atoms. The summed E-state index contributed by atoms with van der Waals surface area (Å²) in [6.07, 6.45) is 3.97. The zero-order chi connectivity index (χ0) is 17.5. The average molecular weight is 335 g/mol. The fraction of sp³-hybridized carbons (Fsp3) is 0.318. The number of hydrogen-bond donors (Lipinski definition) is 1. The Morgan fingerprint density at radius 2 is 1.76 bits per heavy atom. The van der Waals surface area contributed by atoms with Crippen LogP contribution in [0.5, 0.6) is 0 Å². The lowest BCUT2D eigenvalue weighted by molar-refractivity contribution is -0.139. The summed E-state index contributed by atoms with van der Waals surface area (Å²) in [6.45, 7) is 2.98. The second-order valence-corrected chi connectivity index (χ2v) is 6.32. The van der Waals surface area contributed by atoms with Crippen LogP contribution in [0, 0.1) is 0 Å². The van der Waals surface area contributed by atoms with Crippen molar-refractivity contribution in [2.75, 3.05) is 6.61 Å². The van der Waals surface area contributed by atoms with Gasteiger partial charge in [0.05, 0.1) is 12.2 Å². The summed E-state index contributed by atoms with van der Waals surface area (Å²) in [7, 11) is 0. The molecule has 0 fully saturated rings. The first kappa shape index (κ1) is 17.4. The molecule has 2 aromatic carbocycles. The highest BCUT2D eigenvalue weighted by Crippen LogP contribution is 2.34. The van der Waals surface area contributed by atoms with Crippen LogP contribution in [-0.4, -0.2) is 18.6 Å². The highest BCUT2D eigenvalue weighted by molar-refractivity contribution is 5.90. The van der Waals surface area contributed by atoms with E-state index in [0.29, 0.717) is 6.61 Å². The monoisotopic (exact) mass is 335 g/mol. The highest BCUT2D eigenvalue weighted by Gasteiger charge is 2.32. The number of allylic oxidation sites excluding steroid dienone is 1. The summed E-state index contributed by atoms with van der Waals surface area (Å²) in [5.74, 6) is 0.0722. The van der Waals surface area contributed by atoms with Gasteiger partial charge in [0, 0.05) is 18.5 Å². The molecule has 1 N–H and O–H groups in total. The second-order valence-electron chi connectivity index (χ2n) is 6.32. The van der Waals surface area contributed by atoms with Gasteiger partial charge in [0.25, 0.3) is 0 Å². The fourth-order valence-electron chi connectivity index (χ4n) is 3.49. The summed E-state index contributed by atoms with van der Waals surface area (Å²) in [5.41, 5.74) is 3.24. The number of esters is 1. The van der Waals surface area contributed by atoms with Crippen LogP contribution in [0.3, 0.4) is 0 Å². The van der Waals surface area contributed by atoms with E-state index in [2.05, 4.69) is 41.7 Å². The van der Waals surface area contributed by atoms with Crippen molar-refractivity contribution in [3.8, 4) is 0 Å². The van der Waals surface area contributed by atoms with E-state index in [1.54, 1.807) is 0 Å². The first-order chi connectivity index (χ1) is 12.3. The quantitative estimate of drug-likeness (QED) is 0.804. The minimum atomic E-state index is -0.200. The Balaban J connectivity index is 1.84. The van der Waals surface area contributed by atoms with Gasteiger partial charge in [0.15, 0.2) is 0 Å². The third-order valence-electron chi connectivity index (χ3n) is 4.69. The number of nitrogens with one attached hydrogen (secondary N) is 1. The molecule has 0 amide bonds. The van der Waals surface area contributed by atoms with E-state index in [1.807, 2.05) is 37.3 Å². The van der Waals surface area contributed by atoms with Gasteiger partial charge in [0.2, 0.25) is 0 Å². The van der Waals surface area contributed by atoms with E-state index < -0.39 is 0 Å². The van der Waals surface area contributed by atoms with E-state index >= 15 is 0 Å². The standard InChI is InChI=1S/C22H25NO2/c1-2-25-22(24)20-15-9-14-19(18-12-7-4-8-13-18)21(20)23-16-17-10-5-3-6-11-17/h3-8,10-13,15,19,21,23H,2,9,14,16H2,1H3/t19-,21+/m0/s1. The lowest BCUT2D eigenvalue weighted by atomic mass is 9.79. The lowest BCUT2D eigenvalue weighted by Crippen LogP contribution is -2.41. The Hall–Kier alpha value is -2.39. The molecule has 130 valence electrons. The van der Waals surface area contributed by atoms with Crippen LogP contribution in [0.25, 0.3) is 0 Å². The molecule has 0 aliphatic heterocycles. The van der Waals surface area contributed by atoms with Crippen LogP contribution in [0.2, 0.25) is 0 Å². The van der Waals surface area contributed by atoms with Gasteiger partial charge in [-0.1, -0.05) is 66.7 Å². The van der Waals surface area contributed by atoms with Gasteiger partial charge in [-0.2, -0.15) is 0 Å².